The van der Waals surface area contributed by atoms with Gasteiger partial charge in [0.05, 0.1) is 10.9 Å². The summed E-state index contributed by atoms with van der Waals surface area (Å²) in [5.74, 6) is 0.401. The van der Waals surface area contributed by atoms with Crippen molar-refractivity contribution in [1.29, 1.82) is 0 Å². The van der Waals surface area contributed by atoms with Gasteiger partial charge in [-0.2, -0.15) is 0 Å². The van der Waals surface area contributed by atoms with Crippen molar-refractivity contribution in [3.8, 4) is 0 Å². The molecule has 23 heavy (non-hydrogen) atoms. The Kier molecular flexibility index (Phi) is 4.12. The number of nitrogens with one attached hydrogen (secondary N) is 2. The zero-order chi connectivity index (χ0) is 16.4. The molecule has 1 heterocycles. The Hall–Kier alpha value is -2.67. The molecular weight excluding hydrogens is 360 g/mol. The van der Waals surface area contributed by atoms with E-state index in [4.69, 9.17) is 0 Å². The summed E-state index contributed by atoms with van der Waals surface area (Å²) < 4.78 is 1.98. The van der Waals surface area contributed by atoms with Gasteiger partial charge in [0.2, 0.25) is 0 Å². The molecular formula is C16H13BrN4O2. The van der Waals surface area contributed by atoms with Crippen molar-refractivity contribution in [3.63, 3.8) is 0 Å². The highest BCUT2D eigenvalue weighted by atomic mass is 79.9. The minimum absolute atomic E-state index is 0.322. The number of hydrogen-bond acceptors (Lipinski definition) is 3. The number of nitrogens with zero attached hydrogens (tertiary/aromatic N) is 2. The van der Waals surface area contributed by atoms with Gasteiger partial charge in [0.15, 0.2) is 0 Å². The number of carbonyl (C=O) groups excluding carboxylic acids is 1. The standard InChI is InChI=1S/C16H13BrN4O2/c1-10-18-14-8-3-2-7-13(14)15(22)21(10)20-16(23)19-12-6-4-5-11(17)9-12/h2-9H,1H3,(H2,19,20,23). The van der Waals surface area contributed by atoms with Crippen molar-refractivity contribution in [2.24, 2.45) is 0 Å². The number of urea groups is 1. The Morgan fingerprint density at radius 1 is 1.17 bits per heavy atom. The van der Waals surface area contributed by atoms with E-state index in [2.05, 4.69) is 31.7 Å². The van der Waals surface area contributed by atoms with Crippen molar-refractivity contribution >= 4 is 38.6 Å². The summed E-state index contributed by atoms with van der Waals surface area (Å²) in [6.45, 7) is 1.66. The number of fused-ring (bicyclic) bond motifs is 1. The molecule has 2 aromatic carbocycles. The maximum absolute atomic E-state index is 12.5. The highest BCUT2D eigenvalue weighted by Crippen LogP contribution is 2.15. The van der Waals surface area contributed by atoms with Crippen molar-refractivity contribution in [3.05, 3.63) is 69.2 Å². The lowest BCUT2D eigenvalue weighted by Crippen LogP contribution is -2.37. The van der Waals surface area contributed by atoms with Crippen LogP contribution in [0.15, 0.2) is 57.8 Å². The molecule has 0 aliphatic rings. The fourth-order valence-electron chi connectivity index (χ4n) is 2.20. The number of anilines is 1. The summed E-state index contributed by atoms with van der Waals surface area (Å²) in [5, 5.41) is 3.11. The van der Waals surface area contributed by atoms with Gasteiger partial charge < -0.3 is 5.32 Å². The topological polar surface area (TPSA) is 76.0 Å². The lowest BCUT2D eigenvalue weighted by Gasteiger charge is -2.13. The third-order valence-corrected chi connectivity index (χ3v) is 3.73. The fraction of sp³-hybridized carbons (Fsp3) is 0.0625. The van der Waals surface area contributed by atoms with Crippen LogP contribution in [0.1, 0.15) is 5.82 Å². The first-order valence-corrected chi connectivity index (χ1v) is 7.66. The molecule has 0 saturated heterocycles. The molecule has 116 valence electrons. The first-order chi connectivity index (χ1) is 11.0. The quantitative estimate of drug-likeness (QED) is 0.724. The van der Waals surface area contributed by atoms with E-state index in [0.29, 0.717) is 22.4 Å². The molecule has 0 fully saturated rings. The molecule has 2 N–H and O–H groups in total. The first-order valence-electron chi connectivity index (χ1n) is 6.86. The SMILES string of the molecule is Cc1nc2ccccc2c(=O)n1NC(=O)Nc1cccc(Br)c1. The number of aromatic nitrogens is 2. The van der Waals surface area contributed by atoms with Gasteiger partial charge in [-0.15, -0.1) is 0 Å². The van der Waals surface area contributed by atoms with Gasteiger partial charge in [0.1, 0.15) is 5.82 Å². The predicted octanol–water partition coefficient (Wildman–Crippen LogP) is 3.24. The second kappa shape index (κ2) is 6.21. The molecule has 0 aliphatic heterocycles. The van der Waals surface area contributed by atoms with E-state index in [-0.39, 0.29) is 5.56 Å². The highest BCUT2D eigenvalue weighted by molar-refractivity contribution is 9.10. The lowest BCUT2D eigenvalue weighted by atomic mass is 10.2. The number of benzene rings is 2. The molecule has 3 rings (SSSR count). The number of rotatable bonds is 2. The van der Waals surface area contributed by atoms with Gasteiger partial charge in [-0.3, -0.25) is 4.79 Å². The van der Waals surface area contributed by atoms with Crippen LogP contribution in [-0.2, 0) is 0 Å². The summed E-state index contributed by atoms with van der Waals surface area (Å²) >= 11 is 3.33. The Morgan fingerprint density at radius 3 is 2.74 bits per heavy atom. The molecule has 7 heteroatoms. The van der Waals surface area contributed by atoms with Gasteiger partial charge >= 0.3 is 6.03 Å². The maximum atomic E-state index is 12.5. The highest BCUT2D eigenvalue weighted by Gasteiger charge is 2.10. The van der Waals surface area contributed by atoms with Crippen molar-refractivity contribution in [1.82, 2.24) is 9.66 Å². The minimum Gasteiger partial charge on any atom is -0.307 e. The molecule has 3 aromatic rings. The van der Waals surface area contributed by atoms with Crippen molar-refractivity contribution in [2.75, 3.05) is 10.7 Å². The van der Waals surface area contributed by atoms with Gasteiger partial charge in [-0.1, -0.05) is 34.1 Å². The zero-order valence-electron chi connectivity index (χ0n) is 12.2. The van der Waals surface area contributed by atoms with E-state index in [9.17, 15) is 9.59 Å². The molecule has 0 saturated carbocycles. The van der Waals surface area contributed by atoms with E-state index in [1.54, 1.807) is 43.3 Å². The second-order valence-electron chi connectivity index (χ2n) is 4.89. The Bertz CT molecular complexity index is 952. The maximum Gasteiger partial charge on any atom is 0.338 e. The summed E-state index contributed by atoms with van der Waals surface area (Å²) in [6.07, 6.45) is 0. The van der Waals surface area contributed by atoms with E-state index in [1.165, 1.54) is 0 Å². The molecule has 0 radical (unpaired) electrons. The Balaban J connectivity index is 1.89. The summed E-state index contributed by atoms with van der Waals surface area (Å²) in [6, 6.07) is 13.6. The van der Waals surface area contributed by atoms with Crippen LogP contribution in [0.5, 0.6) is 0 Å². The zero-order valence-corrected chi connectivity index (χ0v) is 13.8. The van der Waals surface area contributed by atoms with Crippen LogP contribution in [0.25, 0.3) is 10.9 Å². The summed E-state index contributed by atoms with van der Waals surface area (Å²) in [7, 11) is 0. The normalized spacial score (nSPS) is 10.5. The number of carbonyl (C=O) groups is 1. The van der Waals surface area contributed by atoms with E-state index in [0.717, 1.165) is 9.15 Å². The fourth-order valence-corrected chi connectivity index (χ4v) is 2.60. The van der Waals surface area contributed by atoms with Crippen LogP contribution in [0.4, 0.5) is 10.5 Å². The second-order valence-corrected chi connectivity index (χ2v) is 5.81. The van der Waals surface area contributed by atoms with E-state index >= 15 is 0 Å². The monoisotopic (exact) mass is 372 g/mol. The Labute approximate surface area is 140 Å². The van der Waals surface area contributed by atoms with Crippen molar-refractivity contribution in [2.45, 2.75) is 6.92 Å². The number of para-hydroxylation sites is 1. The number of halogens is 1. The van der Waals surface area contributed by atoms with Crippen LogP contribution in [0.3, 0.4) is 0 Å². The van der Waals surface area contributed by atoms with Crippen LogP contribution in [-0.4, -0.2) is 15.7 Å². The molecule has 0 unspecified atom stereocenters. The average Bonchev–Trinajstić information content (AvgIpc) is 2.51. The Morgan fingerprint density at radius 2 is 1.96 bits per heavy atom. The van der Waals surface area contributed by atoms with Gasteiger partial charge in [-0.25, -0.2) is 19.9 Å². The minimum atomic E-state index is -0.523. The lowest BCUT2D eigenvalue weighted by molar-refractivity contribution is 0.259. The molecule has 0 spiro atoms. The van der Waals surface area contributed by atoms with Crippen LogP contribution >= 0.6 is 15.9 Å². The van der Waals surface area contributed by atoms with Gasteiger partial charge in [0.25, 0.3) is 5.56 Å². The molecule has 0 bridgehead atoms. The van der Waals surface area contributed by atoms with Crippen LogP contribution in [0, 0.1) is 6.92 Å². The average molecular weight is 373 g/mol. The number of amides is 2. The molecule has 2 amide bonds. The third-order valence-electron chi connectivity index (χ3n) is 3.24. The number of aryl methyl sites for hydroxylation is 1. The van der Waals surface area contributed by atoms with Gasteiger partial charge in [0, 0.05) is 10.2 Å². The van der Waals surface area contributed by atoms with Crippen LogP contribution < -0.4 is 16.3 Å². The smallest absolute Gasteiger partial charge is 0.307 e. The molecule has 0 aliphatic carbocycles. The van der Waals surface area contributed by atoms with E-state index in [1.807, 2.05) is 12.1 Å². The van der Waals surface area contributed by atoms with Gasteiger partial charge in [-0.05, 0) is 37.3 Å². The van der Waals surface area contributed by atoms with Crippen LogP contribution in [0.2, 0.25) is 0 Å². The largest absolute Gasteiger partial charge is 0.338 e. The molecule has 0 atom stereocenters. The molecule has 1 aromatic heterocycles. The van der Waals surface area contributed by atoms with E-state index < -0.39 is 6.03 Å². The third kappa shape index (κ3) is 3.24. The first kappa shape index (κ1) is 15.2. The summed E-state index contributed by atoms with van der Waals surface area (Å²) in [5.41, 5.74) is 3.40. The molecule has 6 nitrogen and oxygen atoms in total. The van der Waals surface area contributed by atoms with Crippen molar-refractivity contribution < 1.29 is 4.79 Å². The predicted molar refractivity (Wildman–Crippen MR) is 93.3 cm³/mol. The number of hydrogen-bond donors (Lipinski definition) is 2. The summed E-state index contributed by atoms with van der Waals surface area (Å²) in [4.78, 5) is 28.9.